The molecule has 3 amide bonds. The Morgan fingerprint density at radius 1 is 1.20 bits per heavy atom. The molecule has 0 heterocycles. The Balaban J connectivity index is 1.75. The Bertz CT molecular complexity index is 740. The molecule has 1 saturated carbocycles. The molecule has 30 heavy (non-hydrogen) atoms. The topological polar surface area (TPSA) is 109 Å². The summed E-state index contributed by atoms with van der Waals surface area (Å²) in [4.78, 5) is 34.3. The number of ether oxygens (including phenoxy) is 1. The van der Waals surface area contributed by atoms with Gasteiger partial charge in [0.2, 0.25) is 17.7 Å². The molecule has 0 radical (unpaired) electrons. The first-order valence-electron chi connectivity index (χ1n) is 10.3. The van der Waals surface area contributed by atoms with Crippen LogP contribution in [0.1, 0.15) is 31.7 Å². The third-order valence-electron chi connectivity index (χ3n) is 4.82. The number of hydrogen-bond acceptors (Lipinski definition) is 5. The molecular formula is C21H31FN4O4. The summed E-state index contributed by atoms with van der Waals surface area (Å²) in [6, 6.07) is 4.19. The van der Waals surface area contributed by atoms with Crippen LogP contribution in [0.15, 0.2) is 18.2 Å². The van der Waals surface area contributed by atoms with Crippen molar-refractivity contribution < 1.29 is 23.5 Å². The van der Waals surface area contributed by atoms with Crippen LogP contribution in [0.3, 0.4) is 0 Å². The second kappa shape index (κ2) is 12.1. The zero-order valence-electron chi connectivity index (χ0n) is 17.6. The van der Waals surface area contributed by atoms with Gasteiger partial charge in [-0.15, -0.1) is 0 Å². The smallest absolute Gasteiger partial charge is 0.239 e. The Morgan fingerprint density at radius 3 is 2.63 bits per heavy atom. The lowest BCUT2D eigenvalue weighted by atomic mass is 10.1. The van der Waals surface area contributed by atoms with Gasteiger partial charge in [0.1, 0.15) is 18.2 Å². The second-order valence-electron chi connectivity index (χ2n) is 7.35. The fourth-order valence-electron chi connectivity index (χ4n) is 3.08. The maximum atomic E-state index is 13.7. The van der Waals surface area contributed by atoms with Crippen molar-refractivity contribution in [3.63, 3.8) is 0 Å². The molecule has 0 saturated heterocycles. The highest BCUT2D eigenvalue weighted by Gasteiger charge is 2.35. The first-order valence-corrected chi connectivity index (χ1v) is 10.3. The van der Waals surface area contributed by atoms with Crippen LogP contribution in [0.5, 0.6) is 5.75 Å². The van der Waals surface area contributed by atoms with Crippen LogP contribution in [-0.2, 0) is 20.8 Å². The van der Waals surface area contributed by atoms with Gasteiger partial charge in [-0.3, -0.25) is 14.4 Å². The lowest BCUT2D eigenvalue weighted by Gasteiger charge is -2.17. The monoisotopic (exact) mass is 422 g/mol. The van der Waals surface area contributed by atoms with Crippen LogP contribution in [0.25, 0.3) is 0 Å². The van der Waals surface area contributed by atoms with E-state index in [-0.39, 0.29) is 36.1 Å². The molecule has 1 aliphatic rings. The summed E-state index contributed by atoms with van der Waals surface area (Å²) in [5.74, 6) is -0.0874. The van der Waals surface area contributed by atoms with E-state index >= 15 is 0 Å². The number of halogens is 1. The number of amides is 3. The molecule has 1 aliphatic carbocycles. The minimum Gasteiger partial charge on any atom is -0.492 e. The Morgan fingerprint density at radius 2 is 1.97 bits per heavy atom. The molecular weight excluding hydrogens is 391 g/mol. The Hall–Kier alpha value is -2.68. The van der Waals surface area contributed by atoms with Crippen LogP contribution >= 0.6 is 0 Å². The Labute approximate surface area is 176 Å². The van der Waals surface area contributed by atoms with Crippen molar-refractivity contribution in [1.29, 1.82) is 0 Å². The molecule has 2 rings (SSSR count). The van der Waals surface area contributed by atoms with Crippen molar-refractivity contribution in [2.24, 2.45) is 5.92 Å². The van der Waals surface area contributed by atoms with E-state index in [1.807, 2.05) is 0 Å². The quantitative estimate of drug-likeness (QED) is 0.346. The van der Waals surface area contributed by atoms with Gasteiger partial charge >= 0.3 is 0 Å². The molecule has 4 N–H and O–H groups in total. The van der Waals surface area contributed by atoms with Crippen molar-refractivity contribution in [3.05, 3.63) is 29.6 Å². The van der Waals surface area contributed by atoms with E-state index < -0.39 is 0 Å². The standard InChI is InChI=1S/C21H31FN4O4/c1-14(27)26-13-19(28)24-9-3-4-15-7-8-17(22)12-18(15)30-11-10-25-20(16-5-6-16)21(29)23-2/h7-8,12,16,20,25H,3-6,9-11,13H2,1-2H3,(H,23,29)(H,24,28)(H,26,27). The molecule has 1 fully saturated rings. The van der Waals surface area contributed by atoms with Gasteiger partial charge in [0.05, 0.1) is 12.6 Å². The van der Waals surface area contributed by atoms with E-state index in [0.29, 0.717) is 44.2 Å². The second-order valence-corrected chi connectivity index (χ2v) is 7.35. The summed E-state index contributed by atoms with van der Waals surface area (Å²) in [5.41, 5.74) is 0.845. The normalized spacial score (nSPS) is 14.0. The van der Waals surface area contributed by atoms with Gasteiger partial charge < -0.3 is 26.0 Å². The van der Waals surface area contributed by atoms with E-state index in [4.69, 9.17) is 4.74 Å². The van der Waals surface area contributed by atoms with E-state index in [0.717, 1.165) is 18.4 Å². The molecule has 0 aliphatic heterocycles. The summed E-state index contributed by atoms with van der Waals surface area (Å²) < 4.78 is 19.4. The van der Waals surface area contributed by atoms with Crippen molar-refractivity contribution >= 4 is 17.7 Å². The number of aryl methyl sites for hydroxylation is 1. The molecule has 0 bridgehead atoms. The molecule has 1 aromatic rings. The highest BCUT2D eigenvalue weighted by Crippen LogP contribution is 2.32. The first-order chi connectivity index (χ1) is 14.4. The fraction of sp³-hybridized carbons (Fsp3) is 0.571. The average Bonchev–Trinajstić information content (AvgIpc) is 3.55. The van der Waals surface area contributed by atoms with E-state index in [1.165, 1.54) is 19.1 Å². The summed E-state index contributed by atoms with van der Waals surface area (Å²) in [5, 5.41) is 11.0. The van der Waals surface area contributed by atoms with Crippen LogP contribution in [-0.4, -0.2) is 57.1 Å². The van der Waals surface area contributed by atoms with Crippen molar-refractivity contribution in [2.45, 2.75) is 38.6 Å². The van der Waals surface area contributed by atoms with Gasteiger partial charge in [0, 0.05) is 33.1 Å². The SMILES string of the molecule is CNC(=O)C(NCCOc1cc(F)ccc1CCCNC(=O)CNC(C)=O)C1CC1. The molecule has 1 aromatic carbocycles. The number of benzene rings is 1. The lowest BCUT2D eigenvalue weighted by Crippen LogP contribution is -2.45. The van der Waals surface area contributed by atoms with Gasteiger partial charge in [-0.2, -0.15) is 0 Å². The number of nitrogens with one attached hydrogen (secondary N) is 4. The highest BCUT2D eigenvalue weighted by atomic mass is 19.1. The zero-order chi connectivity index (χ0) is 21.9. The first kappa shape index (κ1) is 23.6. The van der Waals surface area contributed by atoms with Crippen LogP contribution in [0.2, 0.25) is 0 Å². The molecule has 1 unspecified atom stereocenters. The van der Waals surface area contributed by atoms with Crippen LogP contribution in [0.4, 0.5) is 4.39 Å². The summed E-state index contributed by atoms with van der Waals surface area (Å²) in [6.45, 7) is 2.52. The molecule has 0 spiro atoms. The van der Waals surface area contributed by atoms with E-state index in [9.17, 15) is 18.8 Å². The zero-order valence-corrected chi connectivity index (χ0v) is 17.6. The van der Waals surface area contributed by atoms with Crippen LogP contribution in [0, 0.1) is 11.7 Å². The van der Waals surface area contributed by atoms with Gasteiger partial charge in [0.15, 0.2) is 0 Å². The average molecular weight is 423 g/mol. The van der Waals surface area contributed by atoms with Gasteiger partial charge in [-0.1, -0.05) is 6.07 Å². The number of rotatable bonds is 13. The predicted octanol–water partition coefficient (Wildman–Crippen LogP) is 0.504. The number of likely N-dealkylation sites (N-methyl/N-ethyl adjacent to an activating group) is 1. The highest BCUT2D eigenvalue weighted by molar-refractivity contribution is 5.83. The largest absolute Gasteiger partial charge is 0.492 e. The van der Waals surface area contributed by atoms with E-state index in [1.54, 1.807) is 13.1 Å². The molecule has 1 atom stereocenters. The molecule has 9 heteroatoms. The maximum absolute atomic E-state index is 13.7. The minimum absolute atomic E-state index is 0.0236. The minimum atomic E-state index is -0.383. The van der Waals surface area contributed by atoms with Gasteiger partial charge in [-0.05, 0) is 43.2 Å². The number of hydrogen-bond donors (Lipinski definition) is 4. The van der Waals surface area contributed by atoms with E-state index in [2.05, 4.69) is 21.3 Å². The van der Waals surface area contributed by atoms with Crippen molar-refractivity contribution in [2.75, 3.05) is 33.3 Å². The molecule has 166 valence electrons. The third-order valence-corrected chi connectivity index (χ3v) is 4.82. The maximum Gasteiger partial charge on any atom is 0.239 e. The summed E-state index contributed by atoms with van der Waals surface area (Å²) >= 11 is 0. The fourth-order valence-corrected chi connectivity index (χ4v) is 3.08. The molecule has 8 nitrogen and oxygen atoms in total. The molecule has 0 aromatic heterocycles. The summed E-state index contributed by atoms with van der Waals surface area (Å²) in [7, 11) is 1.62. The predicted molar refractivity (Wildman–Crippen MR) is 110 cm³/mol. The lowest BCUT2D eigenvalue weighted by molar-refractivity contribution is -0.125. The third kappa shape index (κ3) is 8.36. The number of carbonyl (C=O) groups is 3. The van der Waals surface area contributed by atoms with Crippen molar-refractivity contribution in [3.8, 4) is 5.75 Å². The number of carbonyl (C=O) groups excluding carboxylic acids is 3. The Kier molecular flexibility index (Phi) is 9.53. The van der Waals surface area contributed by atoms with Crippen LogP contribution < -0.4 is 26.0 Å². The summed E-state index contributed by atoms with van der Waals surface area (Å²) in [6.07, 6.45) is 3.33. The van der Waals surface area contributed by atoms with Gasteiger partial charge in [-0.25, -0.2) is 4.39 Å². The van der Waals surface area contributed by atoms with Crippen molar-refractivity contribution in [1.82, 2.24) is 21.3 Å². The van der Waals surface area contributed by atoms with Gasteiger partial charge in [0.25, 0.3) is 0 Å².